The zero-order chi connectivity index (χ0) is 11.7. The first-order valence-electron chi connectivity index (χ1n) is 4.61. The largest absolute Gasteiger partial charge is 0.399 e. The van der Waals surface area contributed by atoms with Gasteiger partial charge in [0, 0.05) is 18.3 Å². The molecule has 2 rings (SSSR count). The molecule has 2 aromatic rings. The molecule has 0 atom stereocenters. The van der Waals surface area contributed by atoms with E-state index in [-0.39, 0.29) is 10.3 Å². The van der Waals surface area contributed by atoms with Crippen molar-refractivity contribution in [1.29, 1.82) is 0 Å². The van der Waals surface area contributed by atoms with Crippen molar-refractivity contribution in [1.82, 2.24) is 14.8 Å². The molecule has 0 bridgehead atoms. The predicted octanol–water partition coefficient (Wildman–Crippen LogP) is 1.09. The second-order valence-electron chi connectivity index (χ2n) is 3.37. The maximum Gasteiger partial charge on any atom is 0.280 e. The fourth-order valence-corrected chi connectivity index (χ4v) is 1.48. The number of rotatable bonds is 1. The van der Waals surface area contributed by atoms with Gasteiger partial charge in [0.2, 0.25) is 0 Å². The lowest BCUT2D eigenvalue weighted by Crippen LogP contribution is -2.22. The van der Waals surface area contributed by atoms with Crippen molar-refractivity contribution in [2.45, 2.75) is 0 Å². The van der Waals surface area contributed by atoms with E-state index in [1.54, 1.807) is 31.3 Å². The van der Waals surface area contributed by atoms with Gasteiger partial charge in [-0.25, -0.2) is 0 Å². The monoisotopic (exact) mass is 234 g/mol. The molecule has 1 heterocycles. The molecule has 1 aromatic carbocycles. The van der Waals surface area contributed by atoms with Gasteiger partial charge in [-0.05, 0) is 24.4 Å². The minimum atomic E-state index is -0.241. The fourth-order valence-electron chi connectivity index (χ4n) is 1.35. The number of hydrogen-bond acceptors (Lipinski definition) is 4. The number of H-pyrrole nitrogens is 1. The van der Waals surface area contributed by atoms with Crippen LogP contribution in [-0.4, -0.2) is 14.8 Å². The molecule has 0 spiro atoms. The van der Waals surface area contributed by atoms with Gasteiger partial charge < -0.3 is 5.73 Å². The van der Waals surface area contributed by atoms with Gasteiger partial charge in [-0.1, -0.05) is 12.1 Å². The zero-order valence-corrected chi connectivity index (χ0v) is 9.41. The number of aromatic amines is 1. The molecule has 6 heteroatoms. The quantitative estimate of drug-likeness (QED) is 0.572. The predicted molar refractivity (Wildman–Crippen MR) is 64.5 cm³/mol. The Balaban J connectivity index is 2.71. The zero-order valence-electron chi connectivity index (χ0n) is 8.60. The summed E-state index contributed by atoms with van der Waals surface area (Å²) < 4.78 is 1.62. The first-order chi connectivity index (χ1) is 7.59. The number of nitrogen functional groups attached to an aromatic ring is 1. The Hall–Kier alpha value is -1.95. The molecule has 0 saturated heterocycles. The van der Waals surface area contributed by atoms with Gasteiger partial charge in [0.25, 0.3) is 5.56 Å². The van der Waals surface area contributed by atoms with Crippen molar-refractivity contribution in [3.05, 3.63) is 39.4 Å². The van der Waals surface area contributed by atoms with Crippen molar-refractivity contribution in [3.8, 4) is 11.3 Å². The summed E-state index contributed by atoms with van der Waals surface area (Å²) in [7, 11) is 1.60. The number of nitrogens with one attached hydrogen (secondary N) is 1. The molecule has 82 valence electrons. The smallest absolute Gasteiger partial charge is 0.280 e. The maximum absolute atomic E-state index is 11.9. The van der Waals surface area contributed by atoms with Gasteiger partial charge in [-0.3, -0.25) is 14.5 Å². The maximum atomic E-state index is 11.9. The minimum Gasteiger partial charge on any atom is -0.399 e. The van der Waals surface area contributed by atoms with E-state index in [0.29, 0.717) is 16.9 Å². The van der Waals surface area contributed by atoms with Crippen molar-refractivity contribution in [2.24, 2.45) is 7.05 Å². The van der Waals surface area contributed by atoms with Crippen LogP contribution >= 0.6 is 12.2 Å². The summed E-state index contributed by atoms with van der Waals surface area (Å²) in [5.41, 5.74) is 6.97. The number of nitrogens with zero attached hydrogens (tertiary/aromatic N) is 2. The average Bonchev–Trinajstić information content (AvgIpc) is 2.26. The third-order valence-corrected chi connectivity index (χ3v) is 2.60. The Kier molecular flexibility index (Phi) is 2.57. The lowest BCUT2D eigenvalue weighted by Gasteiger charge is -2.03. The van der Waals surface area contributed by atoms with Crippen LogP contribution in [0.4, 0.5) is 5.69 Å². The van der Waals surface area contributed by atoms with Crippen molar-refractivity contribution in [2.75, 3.05) is 5.73 Å². The second-order valence-corrected chi connectivity index (χ2v) is 3.75. The average molecular weight is 234 g/mol. The molecule has 0 aliphatic heterocycles. The van der Waals surface area contributed by atoms with Crippen LogP contribution in [0.1, 0.15) is 0 Å². The van der Waals surface area contributed by atoms with Gasteiger partial charge in [-0.15, -0.1) is 0 Å². The lowest BCUT2D eigenvalue weighted by molar-refractivity contribution is 0.761. The number of nitrogens with two attached hydrogens (primary N) is 1. The van der Waals surface area contributed by atoms with Crippen molar-refractivity contribution >= 4 is 17.9 Å². The highest BCUT2D eigenvalue weighted by Gasteiger charge is 2.07. The highest BCUT2D eigenvalue weighted by atomic mass is 32.1. The summed E-state index contributed by atoms with van der Waals surface area (Å²) in [6, 6.07) is 6.99. The SMILES string of the molecule is Cn1c(=S)[nH]nc(-c2cccc(N)c2)c1=O. The van der Waals surface area contributed by atoms with Crippen LogP contribution in [-0.2, 0) is 7.05 Å². The molecular formula is C10H10N4OS. The summed E-state index contributed by atoms with van der Waals surface area (Å²) in [5.74, 6) is 0. The highest BCUT2D eigenvalue weighted by Crippen LogP contribution is 2.15. The van der Waals surface area contributed by atoms with Gasteiger partial charge in [0.1, 0.15) is 0 Å². The Labute approximate surface area is 96.6 Å². The summed E-state index contributed by atoms with van der Waals surface area (Å²) in [5, 5.41) is 6.55. The molecule has 1 aromatic heterocycles. The number of anilines is 1. The van der Waals surface area contributed by atoms with E-state index >= 15 is 0 Å². The Bertz CT molecular complexity index is 644. The highest BCUT2D eigenvalue weighted by molar-refractivity contribution is 7.71. The van der Waals surface area contributed by atoms with Crippen LogP contribution in [0.3, 0.4) is 0 Å². The van der Waals surface area contributed by atoms with Crippen LogP contribution in [0.15, 0.2) is 29.1 Å². The Morgan fingerprint density at radius 1 is 1.50 bits per heavy atom. The van der Waals surface area contributed by atoms with E-state index < -0.39 is 0 Å². The fraction of sp³-hybridized carbons (Fsp3) is 0.100. The van der Waals surface area contributed by atoms with Crippen LogP contribution < -0.4 is 11.3 Å². The minimum absolute atomic E-state index is 0.241. The van der Waals surface area contributed by atoms with E-state index in [4.69, 9.17) is 18.0 Å². The number of aromatic nitrogens is 3. The normalized spacial score (nSPS) is 10.3. The number of hydrogen-bond donors (Lipinski definition) is 2. The number of benzene rings is 1. The molecular weight excluding hydrogens is 224 g/mol. The van der Waals surface area contributed by atoms with E-state index in [2.05, 4.69) is 10.2 Å². The summed E-state index contributed by atoms with van der Waals surface area (Å²) >= 11 is 4.90. The van der Waals surface area contributed by atoms with Crippen LogP contribution in [0.2, 0.25) is 0 Å². The summed E-state index contributed by atoms with van der Waals surface area (Å²) in [6.45, 7) is 0. The van der Waals surface area contributed by atoms with E-state index in [1.165, 1.54) is 4.57 Å². The van der Waals surface area contributed by atoms with Gasteiger partial charge in [-0.2, -0.15) is 5.10 Å². The third kappa shape index (κ3) is 1.74. The van der Waals surface area contributed by atoms with E-state index in [1.807, 2.05) is 0 Å². The summed E-state index contributed by atoms with van der Waals surface area (Å²) in [4.78, 5) is 11.9. The van der Waals surface area contributed by atoms with E-state index in [9.17, 15) is 4.79 Å². The molecule has 0 aliphatic carbocycles. The molecule has 0 aliphatic rings. The Morgan fingerprint density at radius 2 is 2.25 bits per heavy atom. The molecule has 0 unspecified atom stereocenters. The van der Waals surface area contributed by atoms with Gasteiger partial charge >= 0.3 is 0 Å². The molecule has 0 fully saturated rings. The Morgan fingerprint density at radius 3 is 2.94 bits per heavy atom. The lowest BCUT2D eigenvalue weighted by atomic mass is 10.1. The molecule has 0 saturated carbocycles. The van der Waals surface area contributed by atoms with Crippen LogP contribution in [0.5, 0.6) is 0 Å². The molecule has 16 heavy (non-hydrogen) atoms. The standard InChI is InChI=1S/C10H10N4OS/c1-14-9(15)8(12-13-10(14)16)6-3-2-4-7(11)5-6/h2-5H,11H2,1H3,(H,13,16). The van der Waals surface area contributed by atoms with Crippen LogP contribution in [0.25, 0.3) is 11.3 Å². The van der Waals surface area contributed by atoms with Crippen molar-refractivity contribution < 1.29 is 0 Å². The first-order valence-corrected chi connectivity index (χ1v) is 5.02. The molecule has 5 nitrogen and oxygen atoms in total. The third-order valence-electron chi connectivity index (χ3n) is 2.24. The van der Waals surface area contributed by atoms with E-state index in [0.717, 1.165) is 0 Å². The molecule has 0 radical (unpaired) electrons. The van der Waals surface area contributed by atoms with Crippen molar-refractivity contribution in [3.63, 3.8) is 0 Å². The second kappa shape index (κ2) is 3.90. The molecule has 3 N–H and O–H groups in total. The van der Waals surface area contributed by atoms with Crippen LogP contribution in [0, 0.1) is 4.77 Å². The van der Waals surface area contributed by atoms with Gasteiger partial charge in [0.05, 0.1) is 0 Å². The summed E-state index contributed by atoms with van der Waals surface area (Å²) in [6.07, 6.45) is 0. The topological polar surface area (TPSA) is 76.7 Å². The van der Waals surface area contributed by atoms with Gasteiger partial charge in [0.15, 0.2) is 10.5 Å². The first kappa shape index (κ1) is 10.6. The molecule has 0 amide bonds.